The molecule has 0 aromatic rings. The van der Waals surface area contributed by atoms with Crippen molar-refractivity contribution in [1.82, 2.24) is 4.90 Å². The fourth-order valence-corrected chi connectivity index (χ4v) is 4.15. The van der Waals surface area contributed by atoms with E-state index in [1.165, 1.54) is 0 Å². The molecular weight excluding hydrogens is 346 g/mol. The summed E-state index contributed by atoms with van der Waals surface area (Å²) in [6.45, 7) is 8.30. The monoisotopic (exact) mass is 369 g/mol. The molecule has 2 fully saturated rings. The first-order chi connectivity index (χ1) is 9.12. The van der Waals surface area contributed by atoms with E-state index in [0.29, 0.717) is 6.42 Å². The highest BCUT2D eigenvalue weighted by Gasteiger charge is 2.59. The molecule has 0 saturated carbocycles. The van der Waals surface area contributed by atoms with E-state index in [1.54, 1.807) is 0 Å². The van der Waals surface area contributed by atoms with Gasteiger partial charge in [0.05, 0.1) is 23.5 Å². The summed E-state index contributed by atoms with van der Waals surface area (Å²) in [7, 11) is 2.03. The van der Waals surface area contributed by atoms with Crippen molar-refractivity contribution in [3.63, 3.8) is 0 Å². The molecule has 2 aliphatic heterocycles. The van der Waals surface area contributed by atoms with E-state index in [-0.39, 0.29) is 40.2 Å². The predicted molar refractivity (Wildman–Crippen MR) is 82.4 cm³/mol. The number of nitrogens with zero attached hydrogens (tertiary/aromatic N) is 1. The van der Waals surface area contributed by atoms with Crippen LogP contribution in [0.5, 0.6) is 0 Å². The van der Waals surface area contributed by atoms with E-state index in [0.717, 1.165) is 0 Å². The van der Waals surface area contributed by atoms with Crippen LogP contribution in [0.3, 0.4) is 0 Å². The molecule has 0 radical (unpaired) electrons. The van der Waals surface area contributed by atoms with Crippen molar-refractivity contribution in [2.75, 3.05) is 7.05 Å². The summed E-state index contributed by atoms with van der Waals surface area (Å²) in [5.74, 6) is 0. The maximum atomic E-state index is 11.5. The minimum atomic E-state index is -1.85. The van der Waals surface area contributed by atoms with Gasteiger partial charge in [-0.25, -0.2) is 4.21 Å². The lowest BCUT2D eigenvalue weighted by Crippen LogP contribution is -2.59. The third-order valence-electron chi connectivity index (χ3n) is 4.31. The van der Waals surface area contributed by atoms with Gasteiger partial charge < -0.3 is 14.0 Å². The Labute approximate surface area is 131 Å². The molecule has 7 heteroatoms. The van der Waals surface area contributed by atoms with E-state index < -0.39 is 11.1 Å². The lowest BCUT2D eigenvalue weighted by molar-refractivity contribution is -0.0433. The molecule has 2 bridgehead atoms. The van der Waals surface area contributed by atoms with Crippen LogP contribution in [0, 0.1) is 0 Å². The molecule has 2 saturated heterocycles. The number of fused-ring (bicyclic) bond motifs is 2. The molecule has 0 amide bonds. The lowest BCUT2D eigenvalue weighted by Gasteiger charge is -2.44. The Balaban J connectivity index is 2.25. The first-order valence-corrected chi connectivity index (χ1v) is 8.99. The van der Waals surface area contributed by atoms with Gasteiger partial charge in [0, 0.05) is 5.54 Å². The molecule has 118 valence electrons. The summed E-state index contributed by atoms with van der Waals surface area (Å²) in [5.41, 5.74) is -0.0584. The van der Waals surface area contributed by atoms with Crippen LogP contribution >= 0.6 is 15.9 Å². The molecule has 0 aliphatic carbocycles. The Hall–Kier alpha value is 0.470. The number of alkyl halides is 1. The molecule has 0 aromatic heterocycles. The van der Waals surface area contributed by atoms with Gasteiger partial charge in [-0.3, -0.25) is 4.90 Å². The molecule has 20 heavy (non-hydrogen) atoms. The van der Waals surface area contributed by atoms with Crippen LogP contribution in [-0.2, 0) is 20.6 Å². The van der Waals surface area contributed by atoms with Crippen LogP contribution in [0.4, 0.5) is 0 Å². The van der Waals surface area contributed by atoms with Gasteiger partial charge in [-0.15, -0.1) is 0 Å². The molecule has 7 unspecified atom stereocenters. The van der Waals surface area contributed by atoms with Crippen LogP contribution in [0.1, 0.15) is 34.1 Å². The predicted octanol–water partition coefficient (Wildman–Crippen LogP) is 1.97. The number of likely N-dealkylation sites (N-methyl/N-ethyl adjacent to an activating group) is 1. The third-order valence-corrected chi connectivity index (χ3v) is 5.51. The number of hydrogen-bond donors (Lipinski definition) is 1. The second kappa shape index (κ2) is 5.93. The van der Waals surface area contributed by atoms with Gasteiger partial charge in [0.25, 0.3) is 0 Å². The van der Waals surface area contributed by atoms with E-state index in [9.17, 15) is 8.76 Å². The van der Waals surface area contributed by atoms with Crippen molar-refractivity contribution in [1.29, 1.82) is 0 Å². The van der Waals surface area contributed by atoms with Crippen molar-refractivity contribution in [3.05, 3.63) is 0 Å². The van der Waals surface area contributed by atoms with Crippen LogP contribution in [0.2, 0.25) is 0 Å². The maximum Gasteiger partial charge on any atom is 0.158 e. The van der Waals surface area contributed by atoms with Gasteiger partial charge in [0.1, 0.15) is 11.1 Å². The van der Waals surface area contributed by atoms with Crippen molar-refractivity contribution >= 4 is 27.0 Å². The van der Waals surface area contributed by atoms with Gasteiger partial charge in [-0.1, -0.05) is 15.9 Å². The quantitative estimate of drug-likeness (QED) is 0.606. The van der Waals surface area contributed by atoms with E-state index in [1.807, 2.05) is 14.0 Å². The number of halogens is 1. The van der Waals surface area contributed by atoms with E-state index in [4.69, 9.17) is 9.47 Å². The number of rotatable bonds is 4. The van der Waals surface area contributed by atoms with Crippen molar-refractivity contribution in [3.8, 4) is 0 Å². The normalized spacial score (nSPS) is 40.3. The average molecular weight is 370 g/mol. The molecule has 5 nitrogen and oxygen atoms in total. The number of ether oxygens (including phenoxy) is 2. The Morgan fingerprint density at radius 2 is 2.10 bits per heavy atom. The van der Waals surface area contributed by atoms with Crippen LogP contribution in [0.25, 0.3) is 0 Å². The van der Waals surface area contributed by atoms with Crippen LogP contribution < -0.4 is 0 Å². The zero-order valence-corrected chi connectivity index (χ0v) is 15.0. The van der Waals surface area contributed by atoms with Gasteiger partial charge >= 0.3 is 0 Å². The summed E-state index contributed by atoms with van der Waals surface area (Å²) in [6.07, 6.45) is 0.174. The second-order valence-corrected chi connectivity index (χ2v) is 9.05. The van der Waals surface area contributed by atoms with Gasteiger partial charge in [-0.05, 0) is 41.2 Å². The molecule has 1 N–H and O–H groups in total. The highest BCUT2D eigenvalue weighted by atomic mass is 79.9. The Morgan fingerprint density at radius 1 is 1.50 bits per heavy atom. The zero-order chi connectivity index (χ0) is 15.2. The summed E-state index contributed by atoms with van der Waals surface area (Å²) in [6, 6.07) is -0.00477. The van der Waals surface area contributed by atoms with E-state index in [2.05, 4.69) is 41.6 Å². The molecule has 0 aromatic carbocycles. The van der Waals surface area contributed by atoms with Gasteiger partial charge in [0.2, 0.25) is 0 Å². The largest absolute Gasteiger partial charge is 0.369 e. The lowest BCUT2D eigenvalue weighted by atomic mass is 9.88. The Bertz CT molecular complexity index is 387. The third kappa shape index (κ3) is 3.13. The molecule has 7 atom stereocenters. The SMILES string of the molecule is CC(Br)OC1C2CC(S(=O)O)C(O2)C1N(C)C(C)(C)C. The molecule has 2 heterocycles. The second-order valence-electron chi connectivity index (χ2n) is 6.61. The molecule has 0 spiro atoms. The number of hydrogen-bond acceptors (Lipinski definition) is 4. The summed E-state index contributed by atoms with van der Waals surface area (Å²) in [4.78, 5) is 2.21. The first-order valence-electron chi connectivity index (χ1n) is 6.90. The van der Waals surface area contributed by atoms with Crippen molar-refractivity contribution in [2.24, 2.45) is 0 Å². The van der Waals surface area contributed by atoms with Gasteiger partial charge in [0.15, 0.2) is 11.1 Å². The Kier molecular flexibility index (Phi) is 4.99. The molecule has 2 aliphatic rings. The van der Waals surface area contributed by atoms with E-state index >= 15 is 0 Å². The van der Waals surface area contributed by atoms with Gasteiger partial charge in [-0.2, -0.15) is 0 Å². The fourth-order valence-electron chi connectivity index (χ4n) is 3.10. The smallest absolute Gasteiger partial charge is 0.158 e. The van der Waals surface area contributed by atoms with Crippen molar-refractivity contribution in [2.45, 2.75) is 74.3 Å². The first kappa shape index (κ1) is 16.8. The summed E-state index contributed by atoms with van der Waals surface area (Å²) in [5, 5.41) is -0.385. The summed E-state index contributed by atoms with van der Waals surface area (Å²) >= 11 is 1.57. The summed E-state index contributed by atoms with van der Waals surface area (Å²) < 4.78 is 32.9. The average Bonchev–Trinajstić information content (AvgIpc) is 2.83. The minimum Gasteiger partial charge on any atom is -0.369 e. The van der Waals surface area contributed by atoms with Crippen molar-refractivity contribution < 1.29 is 18.2 Å². The molecule has 2 rings (SSSR count). The van der Waals surface area contributed by atoms with Crippen LogP contribution in [-0.4, -0.2) is 60.9 Å². The zero-order valence-electron chi connectivity index (χ0n) is 12.6. The highest BCUT2D eigenvalue weighted by Crippen LogP contribution is 2.43. The Morgan fingerprint density at radius 3 is 2.55 bits per heavy atom. The standard InChI is InChI=1S/C13H24BrNO4S/c1-7(14)18-11-8-6-9(20(16)17)12(19-8)10(11)15(5)13(2,3)4/h7-12H,6H2,1-5H3,(H,16,17). The molecular formula is C13H24BrNO4S. The topological polar surface area (TPSA) is 59.0 Å². The van der Waals surface area contributed by atoms with Crippen LogP contribution in [0.15, 0.2) is 0 Å². The highest BCUT2D eigenvalue weighted by molar-refractivity contribution is 9.09. The fraction of sp³-hybridized carbons (Fsp3) is 1.00. The minimum absolute atomic E-state index is 0.00477. The maximum absolute atomic E-state index is 11.5.